The van der Waals surface area contributed by atoms with E-state index in [1.54, 1.807) is 12.1 Å². The SMILES string of the molecule is ClOc1ccc(C2=CC3=C=CC=CN3C(N3CCC(N4CCCCC4)CC3)=N2)cc1OCl. The molecule has 0 bridgehead atoms. The number of likely N-dealkylation sites (tertiary alicyclic amines) is 2. The number of guanidine groups is 1. The van der Waals surface area contributed by atoms with E-state index in [1.165, 1.54) is 32.4 Å². The maximum atomic E-state index is 5.61. The normalized spacial score (nSPS) is 21.6. The fourth-order valence-corrected chi connectivity index (χ4v) is 5.15. The van der Waals surface area contributed by atoms with Crippen LogP contribution in [0.5, 0.6) is 11.5 Å². The Kier molecular flexibility index (Phi) is 6.47. The van der Waals surface area contributed by atoms with Crippen LogP contribution in [0.3, 0.4) is 0 Å². The van der Waals surface area contributed by atoms with Gasteiger partial charge in [0.05, 0.1) is 11.4 Å². The largest absolute Gasteiger partial charge is 0.382 e. The molecular weight excluding hydrogens is 447 g/mol. The molecule has 0 spiro atoms. The Hall–Kier alpha value is -2.37. The molecule has 0 radical (unpaired) electrons. The summed E-state index contributed by atoms with van der Waals surface area (Å²) in [6, 6.07) is 6.07. The lowest BCUT2D eigenvalue weighted by atomic mass is 10.00. The molecule has 4 heterocycles. The van der Waals surface area contributed by atoms with Gasteiger partial charge < -0.3 is 18.4 Å². The minimum atomic E-state index is 0.342. The standard InChI is InChI=1S/C24H26Cl2N4O2/c25-31-22-8-7-18(16-23(22)32-26)21-17-20-6-2-5-13-30(20)24(27-21)29-14-9-19(10-15-29)28-11-3-1-4-12-28/h2,5,7-8,13,16-17,19H,1,3-4,9-12,14-15H2. The summed E-state index contributed by atoms with van der Waals surface area (Å²) in [5.74, 6) is 1.62. The van der Waals surface area contributed by atoms with Gasteiger partial charge in [-0.1, -0.05) is 12.2 Å². The first kappa shape index (κ1) is 21.5. The van der Waals surface area contributed by atoms with Gasteiger partial charge >= 0.3 is 0 Å². The highest BCUT2D eigenvalue weighted by Crippen LogP contribution is 2.35. The number of aliphatic imine (C=N–C) groups is 1. The van der Waals surface area contributed by atoms with Crippen LogP contribution in [-0.2, 0) is 0 Å². The van der Waals surface area contributed by atoms with Gasteiger partial charge in [0.2, 0.25) is 5.96 Å². The Labute approximate surface area is 199 Å². The number of allylic oxidation sites excluding steroid dienone is 2. The van der Waals surface area contributed by atoms with E-state index in [-0.39, 0.29) is 0 Å². The zero-order valence-corrected chi connectivity index (χ0v) is 19.4. The van der Waals surface area contributed by atoms with Crippen molar-refractivity contribution >= 4 is 35.4 Å². The molecule has 0 aromatic heterocycles. The van der Waals surface area contributed by atoms with E-state index < -0.39 is 0 Å². The van der Waals surface area contributed by atoms with Crippen molar-refractivity contribution in [3.63, 3.8) is 0 Å². The molecule has 1 aromatic rings. The number of rotatable bonds is 4. The van der Waals surface area contributed by atoms with Crippen molar-refractivity contribution in [1.29, 1.82) is 0 Å². The number of piperidine rings is 2. The van der Waals surface area contributed by atoms with Crippen LogP contribution in [0.1, 0.15) is 37.7 Å². The fourth-order valence-electron chi connectivity index (χ4n) is 4.90. The number of halogens is 2. The Morgan fingerprint density at radius 2 is 1.75 bits per heavy atom. The molecule has 0 aliphatic carbocycles. The molecule has 2 saturated heterocycles. The minimum absolute atomic E-state index is 0.342. The van der Waals surface area contributed by atoms with Gasteiger partial charge in [-0.2, -0.15) is 0 Å². The fraction of sp³-hybridized carbons (Fsp3) is 0.417. The summed E-state index contributed by atoms with van der Waals surface area (Å²) in [5.41, 5.74) is 5.97. The minimum Gasteiger partial charge on any atom is -0.382 e. The highest BCUT2D eigenvalue weighted by atomic mass is 35.5. The second-order valence-electron chi connectivity index (χ2n) is 8.48. The second-order valence-corrected chi connectivity index (χ2v) is 8.79. The summed E-state index contributed by atoms with van der Waals surface area (Å²) in [4.78, 5) is 12.2. The first-order valence-corrected chi connectivity index (χ1v) is 11.8. The molecule has 0 saturated carbocycles. The molecule has 0 atom stereocenters. The van der Waals surface area contributed by atoms with Crippen LogP contribution in [0.15, 0.2) is 59.0 Å². The van der Waals surface area contributed by atoms with Gasteiger partial charge in [-0.25, -0.2) is 4.99 Å². The van der Waals surface area contributed by atoms with Crippen molar-refractivity contribution in [2.24, 2.45) is 4.99 Å². The van der Waals surface area contributed by atoms with Gasteiger partial charge in [0.1, 0.15) is 23.7 Å². The first-order chi connectivity index (χ1) is 15.8. The maximum absolute atomic E-state index is 5.61. The second kappa shape index (κ2) is 9.63. The van der Waals surface area contributed by atoms with Crippen LogP contribution in [0, 0.1) is 0 Å². The predicted molar refractivity (Wildman–Crippen MR) is 127 cm³/mol. The highest BCUT2D eigenvalue weighted by Gasteiger charge is 2.31. The molecule has 168 valence electrons. The van der Waals surface area contributed by atoms with E-state index in [0.29, 0.717) is 17.5 Å². The van der Waals surface area contributed by atoms with Gasteiger partial charge in [0, 0.05) is 30.9 Å². The lowest BCUT2D eigenvalue weighted by Gasteiger charge is -2.43. The van der Waals surface area contributed by atoms with E-state index in [1.807, 2.05) is 30.5 Å². The Morgan fingerprint density at radius 3 is 2.50 bits per heavy atom. The maximum Gasteiger partial charge on any atom is 0.211 e. The molecular formula is C24H26Cl2N4O2. The van der Waals surface area contributed by atoms with E-state index in [0.717, 1.165) is 48.8 Å². The Morgan fingerprint density at radius 1 is 0.969 bits per heavy atom. The summed E-state index contributed by atoms with van der Waals surface area (Å²) in [6.45, 7) is 4.48. The molecule has 5 rings (SSSR count). The van der Waals surface area contributed by atoms with E-state index >= 15 is 0 Å². The molecule has 8 heteroatoms. The molecule has 32 heavy (non-hydrogen) atoms. The Bertz CT molecular complexity index is 1010. The number of nitrogens with zero attached hydrogens (tertiary/aromatic N) is 4. The third-order valence-electron chi connectivity index (χ3n) is 6.59. The zero-order valence-electron chi connectivity index (χ0n) is 17.8. The summed E-state index contributed by atoms with van der Waals surface area (Å²) in [5, 5.41) is 0. The van der Waals surface area contributed by atoms with Crippen LogP contribution >= 0.6 is 23.7 Å². The van der Waals surface area contributed by atoms with Gasteiger partial charge in [0.15, 0.2) is 11.5 Å². The van der Waals surface area contributed by atoms with Crippen molar-refractivity contribution in [3.05, 3.63) is 59.6 Å². The van der Waals surface area contributed by atoms with Crippen molar-refractivity contribution in [2.75, 3.05) is 26.2 Å². The lowest BCUT2D eigenvalue weighted by molar-refractivity contribution is 0.112. The van der Waals surface area contributed by atoms with Crippen LogP contribution in [0.2, 0.25) is 0 Å². The number of fused-ring (bicyclic) bond motifs is 1. The van der Waals surface area contributed by atoms with Crippen LogP contribution in [-0.4, -0.2) is 52.9 Å². The van der Waals surface area contributed by atoms with Crippen LogP contribution in [0.4, 0.5) is 0 Å². The van der Waals surface area contributed by atoms with Crippen molar-refractivity contribution < 1.29 is 8.58 Å². The van der Waals surface area contributed by atoms with Gasteiger partial charge in [-0.3, -0.25) is 4.90 Å². The summed E-state index contributed by atoms with van der Waals surface area (Å²) < 4.78 is 9.70. The van der Waals surface area contributed by atoms with E-state index in [9.17, 15) is 0 Å². The molecule has 2 fully saturated rings. The number of benzene rings is 1. The van der Waals surface area contributed by atoms with Gasteiger partial charge in [0.25, 0.3) is 0 Å². The zero-order chi connectivity index (χ0) is 21.9. The molecule has 0 amide bonds. The third-order valence-corrected chi connectivity index (χ3v) is 6.92. The van der Waals surface area contributed by atoms with Crippen LogP contribution in [0.25, 0.3) is 5.70 Å². The highest BCUT2D eigenvalue weighted by molar-refractivity contribution is 6.10. The lowest BCUT2D eigenvalue weighted by Crippen LogP contribution is -2.51. The number of hydrogen-bond acceptors (Lipinski definition) is 6. The van der Waals surface area contributed by atoms with Crippen LogP contribution < -0.4 is 8.58 Å². The molecule has 0 unspecified atom stereocenters. The van der Waals surface area contributed by atoms with Crippen molar-refractivity contribution in [2.45, 2.75) is 38.1 Å². The van der Waals surface area contributed by atoms with E-state index in [2.05, 4.69) is 20.4 Å². The molecule has 4 aliphatic heterocycles. The predicted octanol–water partition coefficient (Wildman–Crippen LogP) is 5.28. The topological polar surface area (TPSA) is 40.5 Å². The molecule has 6 nitrogen and oxygen atoms in total. The summed E-state index contributed by atoms with van der Waals surface area (Å²) in [7, 11) is 0. The molecule has 1 aromatic carbocycles. The van der Waals surface area contributed by atoms with Crippen molar-refractivity contribution in [1.82, 2.24) is 14.7 Å². The summed E-state index contributed by atoms with van der Waals surface area (Å²) >= 11 is 11.1. The molecule has 0 N–H and O–H groups in total. The third kappa shape index (κ3) is 4.28. The van der Waals surface area contributed by atoms with Crippen molar-refractivity contribution in [3.8, 4) is 11.5 Å². The quantitative estimate of drug-likeness (QED) is 0.557. The van der Waals surface area contributed by atoms with Gasteiger partial charge in [-0.15, -0.1) is 0 Å². The first-order valence-electron chi connectivity index (χ1n) is 11.2. The molecule has 4 aliphatic rings. The summed E-state index contributed by atoms with van der Waals surface area (Å²) in [6.07, 6.45) is 14.3. The average Bonchev–Trinajstić information content (AvgIpc) is 2.88. The average molecular weight is 473 g/mol. The van der Waals surface area contributed by atoms with E-state index in [4.69, 9.17) is 37.3 Å². The monoisotopic (exact) mass is 472 g/mol. The van der Waals surface area contributed by atoms with Gasteiger partial charge in [-0.05, 0) is 75.2 Å². The smallest absolute Gasteiger partial charge is 0.211 e. The number of hydrogen-bond donors (Lipinski definition) is 0. The Balaban J connectivity index is 1.40.